The number of carbonyl (C=O) groups is 1. The Balaban J connectivity index is 1.57. The molecule has 0 aromatic heterocycles. The number of amides is 1. The molecule has 6 nitrogen and oxygen atoms in total. The van der Waals surface area contributed by atoms with E-state index >= 15 is 0 Å². The Labute approximate surface area is 176 Å². The van der Waals surface area contributed by atoms with Crippen LogP contribution in [0.2, 0.25) is 0 Å². The van der Waals surface area contributed by atoms with Crippen molar-refractivity contribution in [2.75, 3.05) is 22.9 Å². The Morgan fingerprint density at radius 1 is 0.967 bits per heavy atom. The van der Waals surface area contributed by atoms with Gasteiger partial charge in [0.05, 0.1) is 18.0 Å². The molecule has 0 saturated heterocycles. The topological polar surface area (TPSA) is 83.7 Å². The van der Waals surface area contributed by atoms with E-state index in [-0.39, 0.29) is 17.3 Å². The Bertz CT molecular complexity index is 1150. The van der Waals surface area contributed by atoms with Crippen molar-refractivity contribution in [1.82, 2.24) is 0 Å². The van der Waals surface area contributed by atoms with Gasteiger partial charge in [0, 0.05) is 17.9 Å². The van der Waals surface area contributed by atoms with Crippen LogP contribution >= 0.6 is 0 Å². The monoisotopic (exact) mass is 421 g/mol. The van der Waals surface area contributed by atoms with Gasteiger partial charge in [0.15, 0.2) is 0 Å². The van der Waals surface area contributed by atoms with E-state index in [9.17, 15) is 13.2 Å². The molecule has 0 atom stereocenters. The lowest BCUT2D eigenvalue weighted by Crippen LogP contribution is -2.39. The molecule has 0 radical (unpaired) electrons. The van der Waals surface area contributed by atoms with Crippen molar-refractivity contribution in [2.24, 2.45) is 5.14 Å². The van der Waals surface area contributed by atoms with Crippen LogP contribution < -0.4 is 14.9 Å². The first-order valence-corrected chi connectivity index (χ1v) is 11.3. The molecule has 0 fully saturated rings. The Morgan fingerprint density at radius 3 is 2.30 bits per heavy atom. The lowest BCUT2D eigenvalue weighted by molar-refractivity contribution is -0.117. The van der Waals surface area contributed by atoms with Gasteiger partial charge in [0.2, 0.25) is 15.9 Å². The smallest absolute Gasteiger partial charge is 0.246 e. The molecule has 2 N–H and O–H groups in total. The summed E-state index contributed by atoms with van der Waals surface area (Å²) in [6.07, 6.45) is 0.677. The van der Waals surface area contributed by atoms with Gasteiger partial charge in [-0.3, -0.25) is 4.79 Å². The van der Waals surface area contributed by atoms with Crippen molar-refractivity contribution in [3.63, 3.8) is 0 Å². The molecular formula is C23H23N3O3S. The zero-order valence-electron chi connectivity index (χ0n) is 16.4. The van der Waals surface area contributed by atoms with Gasteiger partial charge in [-0.1, -0.05) is 48.5 Å². The Kier molecular flexibility index (Phi) is 5.57. The number of fused-ring (bicyclic) bond motifs is 1. The number of hydrogen-bond acceptors (Lipinski definition) is 4. The van der Waals surface area contributed by atoms with E-state index in [1.807, 2.05) is 65.6 Å². The molecule has 0 aliphatic carbocycles. The number of anilines is 2. The first kappa shape index (κ1) is 20.1. The molecule has 7 heteroatoms. The zero-order valence-corrected chi connectivity index (χ0v) is 17.3. The average Bonchev–Trinajstić information content (AvgIpc) is 3.15. The first-order valence-electron chi connectivity index (χ1n) is 9.72. The molecule has 30 heavy (non-hydrogen) atoms. The van der Waals surface area contributed by atoms with Crippen molar-refractivity contribution < 1.29 is 13.2 Å². The van der Waals surface area contributed by atoms with E-state index in [1.165, 1.54) is 6.07 Å². The molecule has 1 aliphatic rings. The minimum Gasteiger partial charge on any atom is -0.362 e. The maximum absolute atomic E-state index is 13.3. The summed E-state index contributed by atoms with van der Waals surface area (Å²) in [5, 5.41) is 5.24. The molecule has 0 spiro atoms. The summed E-state index contributed by atoms with van der Waals surface area (Å²) in [5.41, 5.74) is 3.66. The summed E-state index contributed by atoms with van der Waals surface area (Å²) in [5.74, 6) is -0.0200. The predicted molar refractivity (Wildman–Crippen MR) is 118 cm³/mol. The van der Waals surface area contributed by atoms with Crippen LogP contribution in [0.1, 0.15) is 11.1 Å². The minimum atomic E-state index is -3.74. The maximum Gasteiger partial charge on any atom is 0.246 e. The molecular weight excluding hydrogens is 398 g/mol. The van der Waals surface area contributed by atoms with Crippen LogP contribution in [0.15, 0.2) is 83.8 Å². The fraction of sp³-hybridized carbons (Fsp3) is 0.174. The van der Waals surface area contributed by atoms with Crippen LogP contribution in [0.4, 0.5) is 11.4 Å². The summed E-state index contributed by atoms with van der Waals surface area (Å²) >= 11 is 0. The van der Waals surface area contributed by atoms with Crippen molar-refractivity contribution >= 4 is 27.3 Å². The normalized spacial score (nSPS) is 13.2. The number of hydrogen-bond donors (Lipinski definition) is 1. The molecule has 0 unspecified atom stereocenters. The van der Waals surface area contributed by atoms with Crippen LogP contribution in [0.3, 0.4) is 0 Å². The minimum absolute atomic E-state index is 0.0200. The quantitative estimate of drug-likeness (QED) is 0.663. The fourth-order valence-electron chi connectivity index (χ4n) is 3.73. The van der Waals surface area contributed by atoms with Crippen LogP contribution in [0, 0.1) is 0 Å². The molecule has 1 heterocycles. The standard InChI is InChI=1S/C23H23N3O3S/c24-30(28,29)21-11-12-22-19(15-21)13-14-25(22)17-23(27)26(20-9-5-2-6-10-20)16-18-7-3-1-4-8-18/h1-12,15H,13-14,16-17H2,(H2,24,28,29). The van der Waals surface area contributed by atoms with E-state index in [2.05, 4.69) is 0 Å². The number of nitrogens with zero attached hydrogens (tertiary/aromatic N) is 2. The maximum atomic E-state index is 13.3. The third kappa shape index (κ3) is 4.37. The number of benzene rings is 3. The van der Waals surface area contributed by atoms with Gasteiger partial charge >= 0.3 is 0 Å². The van der Waals surface area contributed by atoms with Gasteiger partial charge in [-0.05, 0) is 47.9 Å². The summed E-state index contributed by atoms with van der Waals surface area (Å²) in [4.78, 5) is 17.2. The highest BCUT2D eigenvalue weighted by Gasteiger charge is 2.25. The lowest BCUT2D eigenvalue weighted by Gasteiger charge is -2.27. The van der Waals surface area contributed by atoms with Crippen LogP contribution in [-0.4, -0.2) is 27.4 Å². The predicted octanol–water partition coefficient (Wildman–Crippen LogP) is 2.93. The summed E-state index contributed by atoms with van der Waals surface area (Å²) in [6.45, 7) is 1.35. The third-order valence-corrected chi connectivity index (χ3v) is 6.16. The fourth-order valence-corrected chi connectivity index (χ4v) is 4.30. The van der Waals surface area contributed by atoms with Gasteiger partial charge in [-0.25, -0.2) is 13.6 Å². The Morgan fingerprint density at radius 2 is 1.63 bits per heavy atom. The second-order valence-corrected chi connectivity index (χ2v) is 8.87. The number of nitrogens with two attached hydrogens (primary N) is 1. The summed E-state index contributed by atoms with van der Waals surface area (Å²) in [6, 6.07) is 24.3. The van der Waals surface area contributed by atoms with Gasteiger partial charge in [-0.2, -0.15) is 0 Å². The zero-order chi connectivity index (χ0) is 21.1. The molecule has 0 saturated carbocycles. The largest absolute Gasteiger partial charge is 0.362 e. The number of rotatable bonds is 6. The van der Waals surface area contributed by atoms with Crippen LogP contribution in [0.5, 0.6) is 0 Å². The van der Waals surface area contributed by atoms with Gasteiger partial charge in [0.25, 0.3) is 0 Å². The first-order chi connectivity index (χ1) is 14.4. The second-order valence-electron chi connectivity index (χ2n) is 7.31. The van der Waals surface area contributed by atoms with E-state index in [0.717, 1.165) is 22.5 Å². The van der Waals surface area contributed by atoms with E-state index in [0.29, 0.717) is 19.5 Å². The molecule has 0 bridgehead atoms. The number of carbonyl (C=O) groups excluding carboxylic acids is 1. The van der Waals surface area contributed by atoms with Crippen LogP contribution in [0.25, 0.3) is 0 Å². The third-order valence-electron chi connectivity index (χ3n) is 5.25. The average molecular weight is 422 g/mol. The van der Waals surface area contributed by atoms with Crippen molar-refractivity contribution in [2.45, 2.75) is 17.9 Å². The number of para-hydroxylation sites is 1. The molecule has 1 amide bonds. The molecule has 4 rings (SSSR count). The molecule has 154 valence electrons. The highest BCUT2D eigenvalue weighted by Crippen LogP contribution is 2.30. The van der Waals surface area contributed by atoms with Crippen molar-refractivity contribution in [1.29, 1.82) is 0 Å². The SMILES string of the molecule is NS(=O)(=O)c1ccc2c(c1)CCN2CC(=O)N(Cc1ccccc1)c1ccccc1. The summed E-state index contributed by atoms with van der Waals surface area (Å²) < 4.78 is 23.2. The van der Waals surface area contributed by atoms with Gasteiger partial charge < -0.3 is 9.80 Å². The molecule has 1 aliphatic heterocycles. The van der Waals surface area contributed by atoms with Gasteiger partial charge in [0.1, 0.15) is 0 Å². The lowest BCUT2D eigenvalue weighted by atomic mass is 10.1. The molecule has 3 aromatic rings. The second kappa shape index (κ2) is 8.30. The summed E-state index contributed by atoms with van der Waals surface area (Å²) in [7, 11) is -3.74. The number of primary sulfonamides is 1. The van der Waals surface area contributed by atoms with E-state index in [4.69, 9.17) is 5.14 Å². The van der Waals surface area contributed by atoms with E-state index in [1.54, 1.807) is 17.0 Å². The Hall–Kier alpha value is -3.16. The van der Waals surface area contributed by atoms with Crippen molar-refractivity contribution in [3.8, 4) is 0 Å². The highest BCUT2D eigenvalue weighted by molar-refractivity contribution is 7.89. The number of sulfonamides is 1. The van der Waals surface area contributed by atoms with Crippen molar-refractivity contribution in [3.05, 3.63) is 90.0 Å². The van der Waals surface area contributed by atoms with E-state index < -0.39 is 10.0 Å². The van der Waals surface area contributed by atoms with Gasteiger partial charge in [-0.15, -0.1) is 0 Å². The van der Waals surface area contributed by atoms with Crippen LogP contribution in [-0.2, 0) is 27.8 Å². The highest BCUT2D eigenvalue weighted by atomic mass is 32.2. The molecule has 3 aromatic carbocycles.